The van der Waals surface area contributed by atoms with Gasteiger partial charge in [0.25, 0.3) is 0 Å². The van der Waals surface area contributed by atoms with Crippen LogP contribution in [-0.2, 0) is 12.8 Å². The van der Waals surface area contributed by atoms with Gasteiger partial charge in [0, 0.05) is 16.3 Å². The van der Waals surface area contributed by atoms with Crippen molar-refractivity contribution in [2.75, 3.05) is 24.7 Å². The van der Waals surface area contributed by atoms with Crippen LogP contribution in [0, 0.1) is 0 Å². The van der Waals surface area contributed by atoms with Crippen LogP contribution in [-0.4, -0.2) is 28.4 Å². The van der Waals surface area contributed by atoms with Crippen LogP contribution in [0.1, 0.15) is 30.4 Å². The highest BCUT2D eigenvalue weighted by Crippen LogP contribution is 2.28. The van der Waals surface area contributed by atoms with Gasteiger partial charge in [0.2, 0.25) is 5.95 Å². The molecule has 156 valence electrons. The van der Waals surface area contributed by atoms with Crippen molar-refractivity contribution in [1.29, 1.82) is 0 Å². The molecular weight excluding hydrogens is 414 g/mol. The molecule has 2 N–H and O–H groups in total. The van der Waals surface area contributed by atoms with E-state index in [-0.39, 0.29) is 0 Å². The predicted octanol–water partition coefficient (Wildman–Crippen LogP) is 6.45. The fourth-order valence-electron chi connectivity index (χ4n) is 3.58. The second kappa shape index (κ2) is 9.69. The maximum atomic E-state index is 6.34. The Morgan fingerprint density at radius 1 is 0.900 bits per heavy atom. The number of halogens is 1. The molecule has 0 fully saturated rings. The van der Waals surface area contributed by atoms with Gasteiger partial charge < -0.3 is 10.6 Å². The van der Waals surface area contributed by atoms with Gasteiger partial charge >= 0.3 is 0 Å². The zero-order chi connectivity index (χ0) is 20.9. The van der Waals surface area contributed by atoms with Crippen LogP contribution >= 0.6 is 23.5 Å². The van der Waals surface area contributed by atoms with Gasteiger partial charge in [-0.25, -0.2) is 4.98 Å². The summed E-state index contributed by atoms with van der Waals surface area (Å²) in [5, 5.41) is 7.10. The van der Waals surface area contributed by atoms with E-state index in [4.69, 9.17) is 11.6 Å². The number of hydrogen-bond donors (Lipinski definition) is 2. The lowest BCUT2D eigenvalue weighted by Gasteiger charge is -2.13. The molecule has 2 aromatic carbocycles. The van der Waals surface area contributed by atoms with Crippen LogP contribution in [0.4, 0.5) is 23.1 Å². The Morgan fingerprint density at radius 3 is 2.40 bits per heavy atom. The number of rotatable bonds is 6. The number of aryl methyl sites for hydroxylation is 2. The molecule has 1 aromatic heterocycles. The van der Waals surface area contributed by atoms with E-state index in [2.05, 4.69) is 55.2 Å². The third-order valence-electron chi connectivity index (χ3n) is 5.00. The summed E-state index contributed by atoms with van der Waals surface area (Å²) < 4.78 is 2.06. The third-order valence-corrected chi connectivity index (χ3v) is 6.13. The van der Waals surface area contributed by atoms with E-state index >= 15 is 0 Å². The van der Waals surface area contributed by atoms with Crippen molar-refractivity contribution in [2.24, 2.45) is 0 Å². The van der Waals surface area contributed by atoms with Gasteiger partial charge in [-0.15, -0.1) is 0 Å². The number of anilines is 4. The van der Waals surface area contributed by atoms with Crippen LogP contribution in [0.3, 0.4) is 0 Å². The number of nitrogens with one attached hydrogen (secondary N) is 2. The minimum atomic E-state index is 0.481. The number of fused-ring (bicyclic) bond motifs is 1. The number of nitrogens with zero attached hydrogens (tertiary/aromatic N) is 3. The molecular formula is C23H26ClN5S. The molecule has 0 unspecified atom stereocenters. The summed E-state index contributed by atoms with van der Waals surface area (Å²) in [7, 11) is 4.05. The Bertz CT molecular complexity index is 1010. The molecule has 0 atom stereocenters. The highest BCUT2D eigenvalue weighted by Gasteiger charge is 2.11. The van der Waals surface area contributed by atoms with Crippen LogP contribution in [0.15, 0.2) is 53.6 Å². The molecule has 0 amide bonds. The van der Waals surface area contributed by atoms with Gasteiger partial charge in [-0.1, -0.05) is 24.1 Å². The molecule has 1 aliphatic carbocycles. The average Bonchev–Trinajstić information content (AvgIpc) is 2.96. The van der Waals surface area contributed by atoms with E-state index in [0.29, 0.717) is 16.8 Å². The van der Waals surface area contributed by atoms with Crippen molar-refractivity contribution in [3.8, 4) is 0 Å². The van der Waals surface area contributed by atoms with Crippen molar-refractivity contribution in [2.45, 2.75) is 37.0 Å². The summed E-state index contributed by atoms with van der Waals surface area (Å²) in [4.78, 5) is 10.1. The highest BCUT2D eigenvalue weighted by molar-refractivity contribution is 7.97. The fourth-order valence-corrected chi connectivity index (χ4v) is 4.40. The highest BCUT2D eigenvalue weighted by atomic mass is 35.5. The Labute approximate surface area is 187 Å². The summed E-state index contributed by atoms with van der Waals surface area (Å²) in [5.74, 6) is 1.10. The lowest BCUT2D eigenvalue weighted by atomic mass is 10.0. The van der Waals surface area contributed by atoms with Gasteiger partial charge in [0.05, 0.1) is 6.20 Å². The topological polar surface area (TPSA) is 53.1 Å². The molecule has 30 heavy (non-hydrogen) atoms. The van der Waals surface area contributed by atoms with Crippen LogP contribution in [0.25, 0.3) is 0 Å². The maximum Gasteiger partial charge on any atom is 0.229 e. The average molecular weight is 440 g/mol. The van der Waals surface area contributed by atoms with Crippen molar-refractivity contribution >= 4 is 46.7 Å². The van der Waals surface area contributed by atoms with Crippen molar-refractivity contribution in [1.82, 2.24) is 14.3 Å². The molecule has 0 radical (unpaired) electrons. The molecule has 0 saturated heterocycles. The Morgan fingerprint density at radius 2 is 1.63 bits per heavy atom. The molecule has 5 nitrogen and oxygen atoms in total. The van der Waals surface area contributed by atoms with Crippen molar-refractivity contribution < 1.29 is 0 Å². The second-order valence-electron chi connectivity index (χ2n) is 7.61. The minimum absolute atomic E-state index is 0.481. The first kappa shape index (κ1) is 21.0. The fraction of sp³-hybridized carbons (Fsp3) is 0.304. The first-order valence-electron chi connectivity index (χ1n) is 10.2. The monoisotopic (exact) mass is 439 g/mol. The molecule has 0 saturated carbocycles. The first-order chi connectivity index (χ1) is 14.6. The SMILES string of the molecule is CN(C)Sc1ccc(Nc2nc(Nc3ccc4c(c3)CCCCC4)ncc2Cl)cc1. The van der Waals surface area contributed by atoms with Crippen LogP contribution in [0.5, 0.6) is 0 Å². The summed E-state index contributed by atoms with van der Waals surface area (Å²) in [6.45, 7) is 0. The van der Waals surface area contributed by atoms with E-state index in [1.54, 1.807) is 18.1 Å². The Kier molecular flexibility index (Phi) is 6.77. The summed E-state index contributed by atoms with van der Waals surface area (Å²) in [5.41, 5.74) is 4.83. The number of benzene rings is 2. The van der Waals surface area contributed by atoms with E-state index in [1.807, 2.05) is 26.2 Å². The quantitative estimate of drug-likeness (QED) is 0.339. The van der Waals surface area contributed by atoms with E-state index in [0.717, 1.165) is 17.8 Å². The van der Waals surface area contributed by atoms with Crippen LogP contribution < -0.4 is 10.6 Å². The molecule has 4 rings (SSSR count). The molecule has 7 heteroatoms. The predicted molar refractivity (Wildman–Crippen MR) is 127 cm³/mol. The molecule has 0 aliphatic heterocycles. The minimum Gasteiger partial charge on any atom is -0.339 e. The summed E-state index contributed by atoms with van der Waals surface area (Å²) >= 11 is 8.01. The first-order valence-corrected chi connectivity index (χ1v) is 11.4. The normalized spacial score (nSPS) is 13.6. The summed E-state index contributed by atoms with van der Waals surface area (Å²) in [6, 6.07) is 14.7. The maximum absolute atomic E-state index is 6.34. The number of aromatic nitrogens is 2. The molecule has 3 aromatic rings. The smallest absolute Gasteiger partial charge is 0.229 e. The van der Waals surface area contributed by atoms with Crippen molar-refractivity contribution in [3.05, 3.63) is 64.8 Å². The number of hydrogen-bond acceptors (Lipinski definition) is 6. The lowest BCUT2D eigenvalue weighted by Crippen LogP contribution is -2.02. The third kappa shape index (κ3) is 5.45. The Hall–Kier alpha value is -2.28. The van der Waals surface area contributed by atoms with Gasteiger partial charge in [0.1, 0.15) is 5.02 Å². The van der Waals surface area contributed by atoms with E-state index in [1.165, 1.54) is 41.7 Å². The zero-order valence-corrected chi connectivity index (χ0v) is 18.9. The Balaban J connectivity index is 1.49. The lowest BCUT2D eigenvalue weighted by molar-refractivity contribution is 0.702. The van der Waals surface area contributed by atoms with Crippen LogP contribution in [0.2, 0.25) is 5.02 Å². The summed E-state index contributed by atoms with van der Waals surface area (Å²) in [6.07, 6.45) is 7.78. The zero-order valence-electron chi connectivity index (χ0n) is 17.3. The standard InChI is InChI=1S/C23H26ClN5S/c1-29(2)30-20-12-10-18(11-13-20)26-22-21(24)15-25-23(28-22)27-19-9-8-16-6-4-3-5-7-17(16)14-19/h8-15H,3-7H2,1-2H3,(H2,25,26,27,28). The van der Waals surface area contributed by atoms with Crippen molar-refractivity contribution in [3.63, 3.8) is 0 Å². The molecule has 1 heterocycles. The molecule has 0 bridgehead atoms. The van der Waals surface area contributed by atoms with Gasteiger partial charge in [-0.05, 0) is 99.3 Å². The molecule has 0 spiro atoms. The van der Waals surface area contributed by atoms with Gasteiger partial charge in [0.15, 0.2) is 5.82 Å². The van der Waals surface area contributed by atoms with E-state index in [9.17, 15) is 0 Å². The largest absolute Gasteiger partial charge is 0.339 e. The molecule has 1 aliphatic rings. The van der Waals surface area contributed by atoms with Gasteiger partial charge in [-0.2, -0.15) is 4.98 Å². The van der Waals surface area contributed by atoms with E-state index < -0.39 is 0 Å². The van der Waals surface area contributed by atoms with Gasteiger partial charge in [-0.3, -0.25) is 4.31 Å². The second-order valence-corrected chi connectivity index (χ2v) is 9.40.